The molecule has 0 atom stereocenters. The van der Waals surface area contributed by atoms with Crippen LogP contribution in [0.25, 0.3) is 0 Å². The third-order valence-corrected chi connectivity index (χ3v) is 3.61. The topological polar surface area (TPSA) is 12.5 Å². The first-order chi connectivity index (χ1) is 9.38. The summed E-state index contributed by atoms with van der Waals surface area (Å²) in [6.45, 7) is 14.6. The summed E-state index contributed by atoms with van der Waals surface area (Å²) in [5, 5.41) is 0. The molecular weight excluding hydrogens is 246 g/mol. The van der Waals surface area contributed by atoms with Crippen LogP contribution in [0.5, 0.6) is 5.75 Å². The molecule has 0 N–H and O–H groups in total. The number of aryl methyl sites for hydroxylation is 1. The molecule has 0 spiro atoms. The zero-order valence-electron chi connectivity index (χ0n) is 14.7. The van der Waals surface area contributed by atoms with E-state index in [-0.39, 0.29) is 5.41 Å². The first-order valence-electron chi connectivity index (χ1n) is 7.76. The molecule has 1 aromatic carbocycles. The summed E-state index contributed by atoms with van der Waals surface area (Å²) in [5.74, 6) is 1.08. The first-order valence-corrected chi connectivity index (χ1v) is 7.76. The van der Waals surface area contributed by atoms with Gasteiger partial charge in [0.15, 0.2) is 0 Å². The van der Waals surface area contributed by atoms with Gasteiger partial charge in [-0.1, -0.05) is 52.8 Å². The fourth-order valence-electron chi connectivity index (χ4n) is 1.90. The van der Waals surface area contributed by atoms with Gasteiger partial charge in [0.1, 0.15) is 12.4 Å². The smallest absolute Gasteiger partial charge is 0.125 e. The molecule has 0 fully saturated rings. The third-order valence-electron chi connectivity index (χ3n) is 3.61. The average molecular weight is 279 g/mol. The Hall–Kier alpha value is -1.02. The van der Waals surface area contributed by atoms with E-state index in [1.807, 2.05) is 13.8 Å². The highest BCUT2D eigenvalue weighted by atomic mass is 16.5. The molecule has 2 heteroatoms. The Morgan fingerprint density at radius 1 is 1.15 bits per heavy atom. The maximum atomic E-state index is 6.03. The van der Waals surface area contributed by atoms with Crippen LogP contribution in [0, 0.1) is 6.92 Å². The molecule has 0 aliphatic heterocycles. The van der Waals surface area contributed by atoms with E-state index in [9.17, 15) is 0 Å². The van der Waals surface area contributed by atoms with Crippen LogP contribution < -0.4 is 4.74 Å². The minimum absolute atomic E-state index is 0.166. The Morgan fingerprint density at radius 3 is 2.25 bits per heavy atom. The molecule has 0 saturated carbocycles. The standard InChI is InChI=1S/C16H27NO.C2H6/c1-7-16(3,4)14-10-8-9-13(2)15(14)18-12-11-17(5)6;1-2/h8-10H,7,11-12H2,1-6H3;1-2H3. The van der Waals surface area contributed by atoms with Gasteiger partial charge in [-0.25, -0.2) is 0 Å². The van der Waals surface area contributed by atoms with E-state index in [0.29, 0.717) is 0 Å². The maximum Gasteiger partial charge on any atom is 0.125 e. The molecule has 1 rings (SSSR count). The second kappa shape index (κ2) is 9.02. The summed E-state index contributed by atoms with van der Waals surface area (Å²) in [7, 11) is 4.14. The summed E-state index contributed by atoms with van der Waals surface area (Å²) >= 11 is 0. The van der Waals surface area contributed by atoms with E-state index in [4.69, 9.17) is 4.74 Å². The van der Waals surface area contributed by atoms with Crippen molar-refractivity contribution in [2.45, 2.75) is 53.4 Å². The summed E-state index contributed by atoms with van der Waals surface area (Å²) < 4.78 is 6.03. The number of para-hydroxylation sites is 1. The van der Waals surface area contributed by atoms with E-state index in [1.165, 1.54) is 11.1 Å². The lowest BCUT2D eigenvalue weighted by molar-refractivity contribution is 0.254. The monoisotopic (exact) mass is 279 g/mol. The van der Waals surface area contributed by atoms with Crippen LogP contribution in [0.1, 0.15) is 52.2 Å². The molecule has 0 amide bonds. The van der Waals surface area contributed by atoms with E-state index in [1.54, 1.807) is 0 Å². The van der Waals surface area contributed by atoms with E-state index in [0.717, 1.165) is 25.3 Å². The second-order valence-corrected chi connectivity index (χ2v) is 5.84. The van der Waals surface area contributed by atoms with Gasteiger partial charge in [-0.3, -0.25) is 0 Å². The zero-order valence-corrected chi connectivity index (χ0v) is 14.7. The minimum atomic E-state index is 0.166. The number of nitrogens with zero attached hydrogens (tertiary/aromatic N) is 1. The van der Waals surface area contributed by atoms with Gasteiger partial charge in [-0.15, -0.1) is 0 Å². The second-order valence-electron chi connectivity index (χ2n) is 5.84. The maximum absolute atomic E-state index is 6.03. The van der Waals surface area contributed by atoms with Crippen molar-refractivity contribution in [3.63, 3.8) is 0 Å². The van der Waals surface area contributed by atoms with Crippen molar-refractivity contribution in [3.05, 3.63) is 29.3 Å². The van der Waals surface area contributed by atoms with Gasteiger partial charge in [0, 0.05) is 12.1 Å². The minimum Gasteiger partial charge on any atom is -0.492 e. The number of hydrogen-bond acceptors (Lipinski definition) is 2. The van der Waals surface area contributed by atoms with Crippen molar-refractivity contribution in [1.29, 1.82) is 0 Å². The van der Waals surface area contributed by atoms with E-state index in [2.05, 4.69) is 64.9 Å². The van der Waals surface area contributed by atoms with Gasteiger partial charge >= 0.3 is 0 Å². The SMILES string of the molecule is CC.CCC(C)(C)c1cccc(C)c1OCCN(C)C. The van der Waals surface area contributed by atoms with E-state index >= 15 is 0 Å². The van der Waals surface area contributed by atoms with Crippen molar-refractivity contribution in [2.24, 2.45) is 0 Å². The molecule has 0 aliphatic carbocycles. The number of ether oxygens (including phenoxy) is 1. The molecule has 0 heterocycles. The van der Waals surface area contributed by atoms with Crippen LogP contribution in [0.2, 0.25) is 0 Å². The fourth-order valence-corrected chi connectivity index (χ4v) is 1.90. The highest BCUT2D eigenvalue weighted by Gasteiger charge is 2.23. The van der Waals surface area contributed by atoms with Gasteiger partial charge in [-0.05, 0) is 38.4 Å². The quantitative estimate of drug-likeness (QED) is 0.751. The lowest BCUT2D eigenvalue weighted by Gasteiger charge is -2.27. The normalized spacial score (nSPS) is 11.1. The molecule has 0 bridgehead atoms. The molecule has 2 nitrogen and oxygen atoms in total. The number of rotatable bonds is 6. The molecule has 116 valence electrons. The molecule has 0 unspecified atom stereocenters. The molecule has 0 aliphatic rings. The summed E-state index contributed by atoms with van der Waals surface area (Å²) in [6, 6.07) is 6.45. The highest BCUT2D eigenvalue weighted by Crippen LogP contribution is 2.36. The van der Waals surface area contributed by atoms with Gasteiger partial charge in [0.2, 0.25) is 0 Å². The molecular formula is C18H33NO. The van der Waals surface area contributed by atoms with Gasteiger partial charge in [-0.2, -0.15) is 0 Å². The van der Waals surface area contributed by atoms with Crippen LogP contribution in [0.4, 0.5) is 0 Å². The van der Waals surface area contributed by atoms with Crippen molar-refractivity contribution in [1.82, 2.24) is 4.90 Å². The van der Waals surface area contributed by atoms with Gasteiger partial charge in [0.25, 0.3) is 0 Å². The number of benzene rings is 1. The fraction of sp³-hybridized carbons (Fsp3) is 0.667. The zero-order chi connectivity index (χ0) is 15.8. The Labute approximate surface area is 126 Å². The average Bonchev–Trinajstić information content (AvgIpc) is 2.42. The summed E-state index contributed by atoms with van der Waals surface area (Å²) in [5.41, 5.74) is 2.72. The predicted octanol–water partition coefficient (Wildman–Crippen LogP) is 4.65. The van der Waals surface area contributed by atoms with Crippen LogP contribution in [-0.4, -0.2) is 32.1 Å². The van der Waals surface area contributed by atoms with Gasteiger partial charge in [0.05, 0.1) is 0 Å². The molecule has 0 saturated heterocycles. The molecule has 1 aromatic rings. The Balaban J connectivity index is 0.00000172. The third kappa shape index (κ3) is 5.54. The number of likely N-dealkylation sites (N-methyl/N-ethyl adjacent to an activating group) is 1. The van der Waals surface area contributed by atoms with Crippen molar-refractivity contribution < 1.29 is 4.74 Å². The highest BCUT2D eigenvalue weighted by molar-refractivity contribution is 5.44. The largest absolute Gasteiger partial charge is 0.492 e. The van der Waals surface area contributed by atoms with Crippen LogP contribution in [0.3, 0.4) is 0 Å². The number of hydrogen-bond donors (Lipinski definition) is 0. The Kier molecular flexibility index (Phi) is 8.56. The Morgan fingerprint density at radius 2 is 1.75 bits per heavy atom. The summed E-state index contributed by atoms with van der Waals surface area (Å²) in [6.07, 6.45) is 1.11. The van der Waals surface area contributed by atoms with Gasteiger partial charge < -0.3 is 9.64 Å². The van der Waals surface area contributed by atoms with Crippen molar-refractivity contribution >= 4 is 0 Å². The first kappa shape index (κ1) is 19.0. The van der Waals surface area contributed by atoms with E-state index < -0.39 is 0 Å². The van der Waals surface area contributed by atoms with Crippen molar-refractivity contribution in [3.8, 4) is 5.75 Å². The van der Waals surface area contributed by atoms with Crippen molar-refractivity contribution in [2.75, 3.05) is 27.2 Å². The predicted molar refractivity (Wildman–Crippen MR) is 89.9 cm³/mol. The van der Waals surface area contributed by atoms with Crippen LogP contribution >= 0.6 is 0 Å². The lowest BCUT2D eigenvalue weighted by atomic mass is 9.81. The van der Waals surface area contributed by atoms with Crippen LogP contribution in [-0.2, 0) is 5.41 Å². The summed E-state index contributed by atoms with van der Waals surface area (Å²) in [4.78, 5) is 2.14. The molecule has 0 aromatic heterocycles. The molecule has 20 heavy (non-hydrogen) atoms. The lowest BCUT2D eigenvalue weighted by Crippen LogP contribution is -2.22. The van der Waals surface area contributed by atoms with Crippen LogP contribution in [0.15, 0.2) is 18.2 Å². The Bertz CT molecular complexity index is 383. The molecule has 0 radical (unpaired) electrons.